The standard InChI is InChI=1S/C18H24N4O4S/c1-4-26-17(25)14-11(2)15-16(24)19-20-18(22(15)12(14)3)27-10-13(23)21-8-6-5-7-9-21/h4-10H2,1-3H3,(H,19,24). The minimum Gasteiger partial charge on any atom is -0.462 e. The van der Waals surface area contributed by atoms with Crippen LogP contribution in [-0.2, 0) is 9.53 Å². The lowest BCUT2D eigenvalue weighted by atomic mass is 10.1. The molecule has 1 saturated heterocycles. The van der Waals surface area contributed by atoms with Gasteiger partial charge in [0.05, 0.1) is 17.9 Å². The predicted molar refractivity (Wildman–Crippen MR) is 102 cm³/mol. The molecule has 0 saturated carbocycles. The summed E-state index contributed by atoms with van der Waals surface area (Å²) in [6, 6.07) is 0. The van der Waals surface area contributed by atoms with Gasteiger partial charge >= 0.3 is 5.97 Å². The molecule has 9 heteroatoms. The fourth-order valence-electron chi connectivity index (χ4n) is 3.51. The Balaban J connectivity index is 1.93. The normalized spacial score (nSPS) is 14.6. The van der Waals surface area contributed by atoms with Crippen LogP contribution >= 0.6 is 11.8 Å². The van der Waals surface area contributed by atoms with E-state index in [-0.39, 0.29) is 23.8 Å². The van der Waals surface area contributed by atoms with E-state index in [0.717, 1.165) is 32.4 Å². The lowest BCUT2D eigenvalue weighted by Crippen LogP contribution is -2.36. The van der Waals surface area contributed by atoms with Crippen LogP contribution in [0.3, 0.4) is 0 Å². The first-order chi connectivity index (χ1) is 13.0. The van der Waals surface area contributed by atoms with E-state index in [4.69, 9.17) is 4.74 Å². The Labute approximate surface area is 161 Å². The van der Waals surface area contributed by atoms with Crippen molar-refractivity contribution in [2.75, 3.05) is 25.4 Å². The molecule has 8 nitrogen and oxygen atoms in total. The van der Waals surface area contributed by atoms with Crippen LogP contribution in [0.2, 0.25) is 0 Å². The van der Waals surface area contributed by atoms with Crippen molar-refractivity contribution < 1.29 is 14.3 Å². The SMILES string of the molecule is CCOC(=O)c1c(C)c2c(=O)[nH]nc(SCC(=O)N3CCCCC3)n2c1C. The zero-order chi connectivity index (χ0) is 19.6. The maximum absolute atomic E-state index is 12.4. The fraction of sp³-hybridized carbons (Fsp3) is 0.556. The van der Waals surface area contributed by atoms with Gasteiger partial charge in [-0.1, -0.05) is 11.8 Å². The molecule has 1 amide bonds. The predicted octanol–water partition coefficient (Wildman–Crippen LogP) is 1.92. The lowest BCUT2D eigenvalue weighted by Gasteiger charge is -2.26. The highest BCUT2D eigenvalue weighted by Crippen LogP contribution is 2.26. The summed E-state index contributed by atoms with van der Waals surface area (Å²) < 4.78 is 6.77. The number of thioether (sulfide) groups is 1. The van der Waals surface area contributed by atoms with Crippen molar-refractivity contribution in [2.45, 2.75) is 45.2 Å². The van der Waals surface area contributed by atoms with Gasteiger partial charge in [-0.3, -0.25) is 14.0 Å². The van der Waals surface area contributed by atoms with Gasteiger partial charge < -0.3 is 9.64 Å². The molecular formula is C18H24N4O4S. The number of ether oxygens (including phenoxy) is 1. The molecule has 3 heterocycles. The zero-order valence-electron chi connectivity index (χ0n) is 15.8. The van der Waals surface area contributed by atoms with E-state index in [1.54, 1.807) is 25.2 Å². The Bertz CT molecular complexity index is 928. The van der Waals surface area contributed by atoms with Crippen LogP contribution in [0.4, 0.5) is 0 Å². The Hall–Kier alpha value is -2.29. The van der Waals surface area contributed by atoms with Crippen molar-refractivity contribution in [3.8, 4) is 0 Å². The number of amides is 1. The summed E-state index contributed by atoms with van der Waals surface area (Å²) in [5.41, 5.74) is 1.50. The molecule has 3 rings (SSSR count). The minimum atomic E-state index is -0.462. The van der Waals surface area contributed by atoms with E-state index in [1.807, 2.05) is 4.90 Å². The maximum Gasteiger partial charge on any atom is 0.340 e. The molecule has 0 atom stereocenters. The van der Waals surface area contributed by atoms with Crippen molar-refractivity contribution in [2.24, 2.45) is 0 Å². The van der Waals surface area contributed by atoms with Gasteiger partial charge in [-0.2, -0.15) is 0 Å². The van der Waals surface area contributed by atoms with Crippen molar-refractivity contribution in [1.82, 2.24) is 19.5 Å². The number of piperidine rings is 1. The number of aromatic nitrogens is 3. The first kappa shape index (κ1) is 19.5. The third kappa shape index (κ3) is 3.73. The minimum absolute atomic E-state index is 0.0630. The van der Waals surface area contributed by atoms with Gasteiger partial charge in [0, 0.05) is 18.8 Å². The van der Waals surface area contributed by atoms with Crippen LogP contribution in [0, 0.1) is 13.8 Å². The van der Waals surface area contributed by atoms with E-state index < -0.39 is 5.97 Å². The highest BCUT2D eigenvalue weighted by Gasteiger charge is 2.25. The summed E-state index contributed by atoms with van der Waals surface area (Å²) in [4.78, 5) is 38.9. The average molecular weight is 392 g/mol. The number of nitrogens with one attached hydrogen (secondary N) is 1. The molecule has 0 radical (unpaired) electrons. The zero-order valence-corrected chi connectivity index (χ0v) is 16.6. The van der Waals surface area contributed by atoms with Crippen LogP contribution in [0.25, 0.3) is 5.52 Å². The van der Waals surface area contributed by atoms with Crippen molar-refractivity contribution in [3.05, 3.63) is 27.2 Å². The molecule has 0 aliphatic carbocycles. The maximum atomic E-state index is 12.4. The third-order valence-electron chi connectivity index (χ3n) is 4.82. The van der Waals surface area contributed by atoms with E-state index >= 15 is 0 Å². The number of aromatic amines is 1. The van der Waals surface area contributed by atoms with E-state index in [9.17, 15) is 14.4 Å². The van der Waals surface area contributed by atoms with Gasteiger partial charge in [0.2, 0.25) is 5.91 Å². The number of rotatable bonds is 5. The summed E-state index contributed by atoms with van der Waals surface area (Å²) in [5.74, 6) is -0.163. The number of likely N-dealkylation sites (tertiary alicyclic amines) is 1. The largest absolute Gasteiger partial charge is 0.462 e. The van der Waals surface area contributed by atoms with Crippen LogP contribution in [0.1, 0.15) is 47.8 Å². The fourth-order valence-corrected chi connectivity index (χ4v) is 4.41. The summed E-state index contributed by atoms with van der Waals surface area (Å²) in [6.45, 7) is 7.05. The number of carbonyl (C=O) groups excluding carboxylic acids is 2. The monoisotopic (exact) mass is 392 g/mol. The van der Waals surface area contributed by atoms with Crippen LogP contribution in [0.5, 0.6) is 0 Å². The highest BCUT2D eigenvalue weighted by atomic mass is 32.2. The molecule has 1 fully saturated rings. The Morgan fingerprint density at radius 3 is 2.59 bits per heavy atom. The second-order valence-corrected chi connectivity index (χ2v) is 7.50. The number of carbonyl (C=O) groups is 2. The van der Waals surface area contributed by atoms with Crippen LogP contribution < -0.4 is 5.56 Å². The topological polar surface area (TPSA) is 96.8 Å². The molecule has 2 aromatic heterocycles. The van der Waals surface area contributed by atoms with E-state index in [2.05, 4.69) is 10.2 Å². The molecule has 1 aliphatic heterocycles. The van der Waals surface area contributed by atoms with Gasteiger partial charge in [0.15, 0.2) is 5.16 Å². The number of esters is 1. The van der Waals surface area contributed by atoms with Crippen molar-refractivity contribution >= 4 is 29.2 Å². The summed E-state index contributed by atoms with van der Waals surface area (Å²) in [6.07, 6.45) is 3.24. The Morgan fingerprint density at radius 1 is 1.22 bits per heavy atom. The second-order valence-electron chi connectivity index (χ2n) is 6.56. The molecule has 0 unspecified atom stereocenters. The number of H-pyrrole nitrogens is 1. The first-order valence-electron chi connectivity index (χ1n) is 9.13. The smallest absolute Gasteiger partial charge is 0.340 e. The molecule has 0 spiro atoms. The van der Waals surface area contributed by atoms with Gasteiger partial charge in [-0.25, -0.2) is 9.89 Å². The summed E-state index contributed by atoms with van der Waals surface area (Å²) in [5, 5.41) is 7.06. The summed E-state index contributed by atoms with van der Waals surface area (Å²) >= 11 is 1.26. The first-order valence-corrected chi connectivity index (χ1v) is 10.1. The third-order valence-corrected chi connectivity index (χ3v) is 5.75. The molecule has 2 aromatic rings. The molecule has 27 heavy (non-hydrogen) atoms. The van der Waals surface area contributed by atoms with Crippen molar-refractivity contribution in [3.63, 3.8) is 0 Å². The average Bonchev–Trinajstić information content (AvgIpc) is 2.93. The Kier molecular flexibility index (Phi) is 5.88. The number of hydrogen-bond acceptors (Lipinski definition) is 6. The van der Waals surface area contributed by atoms with Crippen LogP contribution in [0.15, 0.2) is 9.95 Å². The van der Waals surface area contributed by atoms with Gasteiger partial charge in [-0.15, -0.1) is 5.10 Å². The van der Waals surface area contributed by atoms with Gasteiger partial charge in [0.25, 0.3) is 5.56 Å². The lowest BCUT2D eigenvalue weighted by molar-refractivity contribution is -0.129. The molecule has 1 aliphatic rings. The molecule has 1 N–H and O–H groups in total. The molecular weight excluding hydrogens is 368 g/mol. The number of nitrogens with zero attached hydrogens (tertiary/aromatic N) is 3. The molecule has 0 aromatic carbocycles. The molecule has 0 bridgehead atoms. The van der Waals surface area contributed by atoms with Gasteiger partial charge in [0.1, 0.15) is 5.52 Å². The quantitative estimate of drug-likeness (QED) is 0.617. The van der Waals surface area contributed by atoms with E-state index in [0.29, 0.717) is 27.5 Å². The second kappa shape index (κ2) is 8.16. The Morgan fingerprint density at radius 2 is 1.93 bits per heavy atom. The number of fused-ring (bicyclic) bond motifs is 1. The van der Waals surface area contributed by atoms with E-state index in [1.165, 1.54) is 11.8 Å². The van der Waals surface area contributed by atoms with Crippen molar-refractivity contribution in [1.29, 1.82) is 0 Å². The summed E-state index contributed by atoms with van der Waals surface area (Å²) in [7, 11) is 0. The molecule has 146 valence electrons. The number of hydrogen-bond donors (Lipinski definition) is 1. The van der Waals surface area contributed by atoms with Gasteiger partial charge in [-0.05, 0) is 45.6 Å². The highest BCUT2D eigenvalue weighted by molar-refractivity contribution is 7.99. The number of aryl methyl sites for hydroxylation is 2. The van der Waals surface area contributed by atoms with Crippen LogP contribution in [-0.4, -0.2) is 56.8 Å².